The van der Waals surface area contributed by atoms with E-state index in [1.807, 2.05) is 0 Å². The van der Waals surface area contributed by atoms with E-state index in [2.05, 4.69) is 15.0 Å². The fourth-order valence-corrected chi connectivity index (χ4v) is 3.76. The quantitative estimate of drug-likeness (QED) is 0.394. The van der Waals surface area contributed by atoms with Crippen LogP contribution in [0.1, 0.15) is 28.0 Å². The minimum atomic E-state index is -0.541. The Bertz CT molecular complexity index is 1350. The average Bonchev–Trinajstić information content (AvgIpc) is 3.11. The van der Waals surface area contributed by atoms with Gasteiger partial charge in [-0.2, -0.15) is 0 Å². The summed E-state index contributed by atoms with van der Waals surface area (Å²) >= 11 is 0. The molecule has 34 heavy (non-hydrogen) atoms. The van der Waals surface area contributed by atoms with Gasteiger partial charge in [-0.1, -0.05) is 18.2 Å². The molecule has 4 aromatic rings. The predicted octanol–water partition coefficient (Wildman–Crippen LogP) is 4.43. The summed E-state index contributed by atoms with van der Waals surface area (Å²) in [4.78, 5) is 28.1. The van der Waals surface area contributed by atoms with E-state index in [0.29, 0.717) is 16.6 Å². The molecule has 0 fully saturated rings. The zero-order valence-electron chi connectivity index (χ0n) is 18.2. The number of aromatic hydroxyl groups is 1. The SMILES string of the molecule is COC(=O)c1ccc(NC(=O)CCc2c3c(F)cccc3c(O)n2Cc2ccc(F)cc2)nc1. The Balaban J connectivity index is 1.56. The number of aryl methyl sites for hydroxylation is 1. The fourth-order valence-electron chi connectivity index (χ4n) is 3.76. The van der Waals surface area contributed by atoms with E-state index in [1.165, 1.54) is 54.3 Å². The van der Waals surface area contributed by atoms with Crippen molar-refractivity contribution in [2.24, 2.45) is 0 Å². The summed E-state index contributed by atoms with van der Waals surface area (Å²) in [6.45, 7) is 0.174. The highest BCUT2D eigenvalue weighted by atomic mass is 19.1. The molecule has 0 radical (unpaired) electrons. The summed E-state index contributed by atoms with van der Waals surface area (Å²) in [5.74, 6) is -1.70. The van der Waals surface area contributed by atoms with Crippen LogP contribution in [0, 0.1) is 11.6 Å². The number of aromatic nitrogens is 2. The molecule has 2 N–H and O–H groups in total. The van der Waals surface area contributed by atoms with Crippen LogP contribution in [0.3, 0.4) is 0 Å². The summed E-state index contributed by atoms with van der Waals surface area (Å²) < 4.78 is 34.1. The number of nitrogens with one attached hydrogen (secondary N) is 1. The second-order valence-electron chi connectivity index (χ2n) is 7.62. The molecule has 2 aromatic carbocycles. The number of amides is 1. The zero-order valence-corrected chi connectivity index (χ0v) is 18.2. The average molecular weight is 465 g/mol. The molecule has 9 heteroatoms. The number of esters is 1. The van der Waals surface area contributed by atoms with Gasteiger partial charge in [0.25, 0.3) is 0 Å². The normalized spacial score (nSPS) is 10.9. The molecule has 2 heterocycles. The molecule has 7 nitrogen and oxygen atoms in total. The van der Waals surface area contributed by atoms with Crippen molar-refractivity contribution in [3.8, 4) is 5.88 Å². The first-order valence-electron chi connectivity index (χ1n) is 10.4. The fraction of sp³-hybridized carbons (Fsp3) is 0.160. The Morgan fingerprint density at radius 2 is 1.85 bits per heavy atom. The Morgan fingerprint density at radius 3 is 2.53 bits per heavy atom. The van der Waals surface area contributed by atoms with Gasteiger partial charge in [-0.25, -0.2) is 18.6 Å². The number of fused-ring (bicyclic) bond motifs is 1. The minimum absolute atomic E-state index is 0.0171. The lowest BCUT2D eigenvalue weighted by molar-refractivity contribution is -0.116. The molecular weight excluding hydrogens is 444 g/mol. The number of hydrogen-bond donors (Lipinski definition) is 2. The van der Waals surface area contributed by atoms with Crippen molar-refractivity contribution >= 4 is 28.5 Å². The van der Waals surface area contributed by atoms with Gasteiger partial charge in [-0.05, 0) is 48.4 Å². The molecule has 2 aromatic heterocycles. The van der Waals surface area contributed by atoms with Gasteiger partial charge in [0.1, 0.15) is 17.5 Å². The van der Waals surface area contributed by atoms with Crippen LogP contribution in [0.2, 0.25) is 0 Å². The number of pyridine rings is 1. The summed E-state index contributed by atoms with van der Waals surface area (Å²) in [5.41, 5.74) is 1.40. The lowest BCUT2D eigenvalue weighted by Gasteiger charge is -2.12. The van der Waals surface area contributed by atoms with E-state index in [4.69, 9.17) is 0 Å². The second kappa shape index (κ2) is 9.70. The molecule has 0 aliphatic carbocycles. The minimum Gasteiger partial charge on any atom is -0.494 e. The summed E-state index contributed by atoms with van der Waals surface area (Å²) in [5, 5.41) is 14.0. The topological polar surface area (TPSA) is 93.5 Å². The molecule has 0 bridgehead atoms. The van der Waals surface area contributed by atoms with Crippen molar-refractivity contribution in [1.82, 2.24) is 9.55 Å². The molecule has 174 valence electrons. The lowest BCUT2D eigenvalue weighted by atomic mass is 10.1. The number of ether oxygens (including phenoxy) is 1. The zero-order chi connectivity index (χ0) is 24.2. The van der Waals surface area contributed by atoms with Crippen LogP contribution >= 0.6 is 0 Å². The summed E-state index contributed by atoms with van der Waals surface area (Å²) in [7, 11) is 1.26. The Kier molecular flexibility index (Phi) is 6.53. The smallest absolute Gasteiger partial charge is 0.339 e. The third-order valence-corrected chi connectivity index (χ3v) is 5.42. The molecule has 4 rings (SSSR count). The first kappa shape index (κ1) is 22.9. The highest BCUT2D eigenvalue weighted by molar-refractivity contribution is 5.94. The van der Waals surface area contributed by atoms with Crippen molar-refractivity contribution in [2.45, 2.75) is 19.4 Å². The number of anilines is 1. The van der Waals surface area contributed by atoms with Crippen molar-refractivity contribution in [2.75, 3.05) is 12.4 Å². The van der Waals surface area contributed by atoms with E-state index in [1.54, 1.807) is 18.2 Å². The van der Waals surface area contributed by atoms with Gasteiger partial charge >= 0.3 is 5.97 Å². The summed E-state index contributed by atoms with van der Waals surface area (Å²) in [6, 6.07) is 13.1. The standard InChI is InChI=1S/C25H21F2N3O4/c1-34-25(33)16-7-11-21(28-13-16)29-22(31)12-10-20-23-18(3-2-4-19(23)27)24(32)30(20)14-15-5-8-17(26)9-6-15/h2-9,11,13,32H,10,12,14H2,1H3,(H,28,29,31). The largest absolute Gasteiger partial charge is 0.494 e. The van der Waals surface area contributed by atoms with E-state index in [-0.39, 0.29) is 53.8 Å². The number of carbonyl (C=O) groups excluding carboxylic acids is 2. The molecule has 0 saturated heterocycles. The maximum Gasteiger partial charge on any atom is 0.339 e. The van der Waals surface area contributed by atoms with Crippen LogP contribution in [-0.4, -0.2) is 33.6 Å². The predicted molar refractivity (Wildman–Crippen MR) is 122 cm³/mol. The number of benzene rings is 2. The number of rotatable bonds is 7. The van der Waals surface area contributed by atoms with Gasteiger partial charge in [0.05, 0.1) is 19.2 Å². The highest BCUT2D eigenvalue weighted by Gasteiger charge is 2.20. The monoisotopic (exact) mass is 465 g/mol. The molecule has 0 atom stereocenters. The van der Waals surface area contributed by atoms with E-state index >= 15 is 0 Å². The maximum atomic E-state index is 14.7. The first-order valence-corrected chi connectivity index (χ1v) is 10.4. The molecular formula is C25H21F2N3O4. The molecule has 0 spiro atoms. The van der Waals surface area contributed by atoms with Crippen LogP contribution in [0.15, 0.2) is 60.8 Å². The van der Waals surface area contributed by atoms with Crippen LogP contribution in [-0.2, 0) is 22.5 Å². The lowest BCUT2D eigenvalue weighted by Crippen LogP contribution is -2.15. The highest BCUT2D eigenvalue weighted by Crippen LogP contribution is 2.34. The first-order chi connectivity index (χ1) is 16.4. The van der Waals surface area contributed by atoms with Crippen molar-refractivity contribution < 1.29 is 28.2 Å². The van der Waals surface area contributed by atoms with E-state index in [0.717, 1.165) is 0 Å². The van der Waals surface area contributed by atoms with Gasteiger partial charge < -0.3 is 19.7 Å². The Morgan fingerprint density at radius 1 is 1.09 bits per heavy atom. The molecule has 0 unspecified atom stereocenters. The van der Waals surface area contributed by atoms with Crippen molar-refractivity contribution in [3.63, 3.8) is 0 Å². The molecule has 1 amide bonds. The van der Waals surface area contributed by atoms with Gasteiger partial charge in [-0.15, -0.1) is 0 Å². The molecule has 0 aliphatic heterocycles. The second-order valence-corrected chi connectivity index (χ2v) is 7.62. The van der Waals surface area contributed by atoms with Gasteiger partial charge in [0.15, 0.2) is 5.88 Å². The third-order valence-electron chi connectivity index (χ3n) is 5.42. The van der Waals surface area contributed by atoms with Crippen molar-refractivity contribution in [3.05, 3.63) is 89.2 Å². The third kappa shape index (κ3) is 4.73. The van der Waals surface area contributed by atoms with E-state index in [9.17, 15) is 23.5 Å². The van der Waals surface area contributed by atoms with Crippen LogP contribution < -0.4 is 5.32 Å². The number of hydrogen-bond acceptors (Lipinski definition) is 5. The van der Waals surface area contributed by atoms with E-state index < -0.39 is 11.8 Å². The van der Waals surface area contributed by atoms with Gasteiger partial charge in [-0.3, -0.25) is 4.79 Å². The van der Waals surface area contributed by atoms with Gasteiger partial charge in [0, 0.05) is 29.1 Å². The number of nitrogens with zero attached hydrogens (tertiary/aromatic N) is 2. The van der Waals surface area contributed by atoms with Crippen LogP contribution in [0.25, 0.3) is 10.8 Å². The van der Waals surface area contributed by atoms with Crippen LogP contribution in [0.5, 0.6) is 5.88 Å². The summed E-state index contributed by atoms with van der Waals surface area (Å²) in [6.07, 6.45) is 1.40. The van der Waals surface area contributed by atoms with Crippen LogP contribution in [0.4, 0.5) is 14.6 Å². The maximum absolute atomic E-state index is 14.7. The Labute approximate surface area is 193 Å². The van der Waals surface area contributed by atoms with Gasteiger partial charge in [0.2, 0.25) is 5.91 Å². The number of methoxy groups -OCH3 is 1. The number of carbonyl (C=O) groups is 2. The van der Waals surface area contributed by atoms with Crippen molar-refractivity contribution in [1.29, 1.82) is 0 Å². The number of halogens is 2. The molecule has 0 saturated carbocycles. The Hall–Kier alpha value is -4.27. The molecule has 0 aliphatic rings.